The van der Waals surface area contributed by atoms with E-state index in [2.05, 4.69) is 10.2 Å². The number of aromatic nitrogens is 2. The van der Waals surface area contributed by atoms with Crippen LogP contribution in [-0.2, 0) is 6.42 Å². The normalized spacial score (nSPS) is 10.6. The van der Waals surface area contributed by atoms with E-state index < -0.39 is 10.8 Å². The van der Waals surface area contributed by atoms with Crippen molar-refractivity contribution in [2.75, 3.05) is 27.3 Å². The molecular formula is C23H26N4O5. The first-order chi connectivity index (χ1) is 15.4. The molecule has 0 aliphatic carbocycles. The summed E-state index contributed by atoms with van der Waals surface area (Å²) in [4.78, 5) is 25.4. The number of hydrogen-bond donors (Lipinski definition) is 1. The molecule has 32 heavy (non-hydrogen) atoms. The third kappa shape index (κ3) is 5.23. The van der Waals surface area contributed by atoms with Gasteiger partial charge in [-0.1, -0.05) is 30.3 Å². The summed E-state index contributed by atoms with van der Waals surface area (Å²) in [5.74, 6) is 0.0575. The van der Waals surface area contributed by atoms with Crippen LogP contribution in [0.3, 0.4) is 0 Å². The van der Waals surface area contributed by atoms with Crippen LogP contribution in [0, 0.1) is 10.1 Å². The molecule has 0 radical (unpaired) electrons. The summed E-state index contributed by atoms with van der Waals surface area (Å²) in [5, 5.41) is 18.9. The molecule has 0 saturated carbocycles. The molecule has 1 aromatic heterocycles. The van der Waals surface area contributed by atoms with Crippen LogP contribution in [0.4, 0.5) is 5.69 Å². The molecule has 9 nitrogen and oxygen atoms in total. The van der Waals surface area contributed by atoms with Gasteiger partial charge in [0.15, 0.2) is 11.5 Å². The molecule has 0 aliphatic rings. The number of nitro benzene ring substituents is 1. The molecule has 168 valence electrons. The molecule has 9 heteroatoms. The quantitative estimate of drug-likeness (QED) is 0.377. The highest BCUT2D eigenvalue weighted by molar-refractivity contribution is 5.99. The SMILES string of the molecule is CCOc1cc([N+](=O)[O-])c(C(=O)N(C)CCCc2cc(-c3ccccc3)n[nH]2)cc1OC. The number of methoxy groups -OCH3 is 1. The van der Waals surface area contributed by atoms with Gasteiger partial charge in [0.2, 0.25) is 0 Å². The van der Waals surface area contributed by atoms with Gasteiger partial charge in [0, 0.05) is 30.9 Å². The lowest BCUT2D eigenvalue weighted by molar-refractivity contribution is -0.385. The van der Waals surface area contributed by atoms with Gasteiger partial charge >= 0.3 is 0 Å². The van der Waals surface area contributed by atoms with E-state index in [1.165, 1.54) is 24.1 Å². The Morgan fingerprint density at radius 1 is 1.19 bits per heavy atom. The monoisotopic (exact) mass is 438 g/mol. The van der Waals surface area contributed by atoms with Gasteiger partial charge in [0.25, 0.3) is 11.6 Å². The molecule has 0 saturated heterocycles. The Bertz CT molecular complexity index is 1080. The van der Waals surface area contributed by atoms with Crippen molar-refractivity contribution in [2.45, 2.75) is 19.8 Å². The Balaban J connectivity index is 1.67. The van der Waals surface area contributed by atoms with Gasteiger partial charge in [-0.05, 0) is 25.8 Å². The molecule has 2 aromatic carbocycles. The van der Waals surface area contributed by atoms with Crippen molar-refractivity contribution in [1.29, 1.82) is 0 Å². The van der Waals surface area contributed by atoms with Gasteiger partial charge in [-0.3, -0.25) is 20.0 Å². The van der Waals surface area contributed by atoms with Crippen LogP contribution >= 0.6 is 0 Å². The summed E-state index contributed by atoms with van der Waals surface area (Å²) in [6, 6.07) is 14.4. The number of nitro groups is 1. The largest absolute Gasteiger partial charge is 0.493 e. The average molecular weight is 438 g/mol. The first kappa shape index (κ1) is 22.8. The van der Waals surface area contributed by atoms with Gasteiger partial charge in [0.1, 0.15) is 5.56 Å². The first-order valence-electron chi connectivity index (χ1n) is 10.3. The molecule has 3 aromatic rings. The molecule has 1 heterocycles. The lowest BCUT2D eigenvalue weighted by Crippen LogP contribution is -2.28. The maximum absolute atomic E-state index is 12.9. The minimum atomic E-state index is -0.585. The smallest absolute Gasteiger partial charge is 0.286 e. The molecule has 0 fully saturated rings. The lowest BCUT2D eigenvalue weighted by Gasteiger charge is -2.18. The highest BCUT2D eigenvalue weighted by Crippen LogP contribution is 2.35. The Labute approximate surface area is 186 Å². The van der Waals surface area contributed by atoms with Crippen molar-refractivity contribution in [3.8, 4) is 22.8 Å². The molecule has 0 atom stereocenters. The van der Waals surface area contributed by atoms with Crippen LogP contribution < -0.4 is 9.47 Å². The van der Waals surface area contributed by atoms with Gasteiger partial charge in [0.05, 0.1) is 30.4 Å². The number of aryl methyl sites for hydroxylation is 1. The molecular weight excluding hydrogens is 412 g/mol. The topological polar surface area (TPSA) is 111 Å². The van der Waals surface area contributed by atoms with Gasteiger partial charge in [-0.15, -0.1) is 0 Å². The second kappa shape index (κ2) is 10.4. The summed E-state index contributed by atoms with van der Waals surface area (Å²) < 4.78 is 10.6. The third-order valence-corrected chi connectivity index (χ3v) is 5.00. The fraction of sp³-hybridized carbons (Fsp3) is 0.304. The summed E-state index contributed by atoms with van der Waals surface area (Å²) in [6.07, 6.45) is 1.35. The molecule has 1 N–H and O–H groups in total. The maximum Gasteiger partial charge on any atom is 0.286 e. The van der Waals surface area contributed by atoms with E-state index in [4.69, 9.17) is 9.47 Å². The minimum absolute atomic E-state index is 0.0364. The Morgan fingerprint density at radius 2 is 1.94 bits per heavy atom. The average Bonchev–Trinajstić information content (AvgIpc) is 3.28. The van der Waals surface area contributed by atoms with E-state index in [9.17, 15) is 14.9 Å². The number of nitrogens with one attached hydrogen (secondary N) is 1. The zero-order valence-corrected chi connectivity index (χ0v) is 18.3. The zero-order valence-electron chi connectivity index (χ0n) is 18.3. The van der Waals surface area contributed by atoms with Crippen LogP contribution in [0.15, 0.2) is 48.5 Å². The van der Waals surface area contributed by atoms with Crippen molar-refractivity contribution in [3.05, 3.63) is 69.9 Å². The number of nitrogens with zero attached hydrogens (tertiary/aromatic N) is 3. The fourth-order valence-electron chi connectivity index (χ4n) is 3.36. The van der Waals surface area contributed by atoms with Crippen LogP contribution in [0.25, 0.3) is 11.3 Å². The third-order valence-electron chi connectivity index (χ3n) is 5.00. The maximum atomic E-state index is 12.9. The number of aromatic amines is 1. The van der Waals surface area contributed by atoms with E-state index in [1.54, 1.807) is 14.0 Å². The lowest BCUT2D eigenvalue weighted by atomic mass is 10.1. The zero-order chi connectivity index (χ0) is 23.1. The first-order valence-corrected chi connectivity index (χ1v) is 10.3. The Kier molecular flexibility index (Phi) is 7.43. The van der Waals surface area contributed by atoms with Crippen molar-refractivity contribution in [3.63, 3.8) is 0 Å². The second-order valence-corrected chi connectivity index (χ2v) is 7.19. The summed E-state index contributed by atoms with van der Waals surface area (Å²) in [7, 11) is 3.05. The summed E-state index contributed by atoms with van der Waals surface area (Å²) in [6.45, 7) is 2.51. The van der Waals surface area contributed by atoms with Crippen LogP contribution in [-0.4, -0.2) is 53.2 Å². The number of carbonyl (C=O) groups is 1. The number of H-pyrrole nitrogens is 1. The van der Waals surface area contributed by atoms with E-state index >= 15 is 0 Å². The van der Waals surface area contributed by atoms with Crippen LogP contribution in [0.2, 0.25) is 0 Å². The highest BCUT2D eigenvalue weighted by Gasteiger charge is 2.26. The number of rotatable bonds is 10. The van der Waals surface area contributed by atoms with Crippen molar-refractivity contribution in [1.82, 2.24) is 15.1 Å². The molecule has 0 aliphatic heterocycles. The summed E-state index contributed by atoms with van der Waals surface area (Å²) >= 11 is 0. The van der Waals surface area contributed by atoms with Crippen molar-refractivity contribution in [2.24, 2.45) is 0 Å². The van der Waals surface area contributed by atoms with Gasteiger partial charge < -0.3 is 14.4 Å². The predicted octanol–water partition coefficient (Wildman–Crippen LogP) is 4.10. The second-order valence-electron chi connectivity index (χ2n) is 7.19. The van der Waals surface area contributed by atoms with Gasteiger partial charge in [-0.25, -0.2) is 0 Å². The number of amides is 1. The Morgan fingerprint density at radius 3 is 2.59 bits per heavy atom. The Hall–Kier alpha value is -3.88. The number of ether oxygens (including phenoxy) is 2. The van der Waals surface area contributed by atoms with Crippen molar-refractivity contribution >= 4 is 11.6 Å². The molecule has 1 amide bonds. The van der Waals surface area contributed by atoms with E-state index in [1.807, 2.05) is 36.4 Å². The van der Waals surface area contributed by atoms with E-state index in [0.717, 1.165) is 17.0 Å². The minimum Gasteiger partial charge on any atom is -0.493 e. The molecule has 0 spiro atoms. The van der Waals surface area contributed by atoms with Crippen LogP contribution in [0.1, 0.15) is 29.4 Å². The molecule has 0 bridgehead atoms. The van der Waals surface area contributed by atoms with E-state index in [0.29, 0.717) is 26.0 Å². The van der Waals surface area contributed by atoms with Gasteiger partial charge in [-0.2, -0.15) is 5.10 Å². The number of benzene rings is 2. The van der Waals surface area contributed by atoms with Crippen LogP contribution in [0.5, 0.6) is 11.5 Å². The summed E-state index contributed by atoms with van der Waals surface area (Å²) in [5.41, 5.74) is 2.50. The van der Waals surface area contributed by atoms with Crippen molar-refractivity contribution < 1.29 is 19.2 Å². The molecule has 3 rings (SSSR count). The highest BCUT2D eigenvalue weighted by atomic mass is 16.6. The van der Waals surface area contributed by atoms with E-state index in [-0.39, 0.29) is 22.7 Å². The standard InChI is InChI=1S/C23H26N4O5/c1-4-32-22-15-20(27(29)30)18(14-21(22)31-3)23(28)26(2)12-8-11-17-13-19(25-24-17)16-9-6-5-7-10-16/h5-7,9-10,13-15H,4,8,11-12H2,1-3H3,(H,24,25). The predicted molar refractivity (Wildman–Crippen MR) is 120 cm³/mol. The number of hydrogen-bond acceptors (Lipinski definition) is 6. The fourth-order valence-corrected chi connectivity index (χ4v) is 3.36. The number of carbonyl (C=O) groups excluding carboxylic acids is 1. The molecule has 0 unspecified atom stereocenters.